The summed E-state index contributed by atoms with van der Waals surface area (Å²) in [6.45, 7) is 4.28. The van der Waals surface area contributed by atoms with E-state index in [1.54, 1.807) is 4.31 Å². The first-order chi connectivity index (χ1) is 8.87. The van der Waals surface area contributed by atoms with E-state index in [2.05, 4.69) is 15.9 Å². The average Bonchev–Trinajstić information content (AvgIpc) is 2.94. The second-order valence-corrected chi connectivity index (χ2v) is 7.66. The third kappa shape index (κ3) is 2.74. The summed E-state index contributed by atoms with van der Waals surface area (Å²) < 4.78 is 32.2. The maximum Gasteiger partial charge on any atom is 0.247 e. The van der Waals surface area contributed by atoms with Gasteiger partial charge < -0.3 is 9.52 Å². The molecule has 1 aliphatic heterocycles. The lowest BCUT2D eigenvalue weighted by Gasteiger charge is -2.26. The van der Waals surface area contributed by atoms with E-state index in [4.69, 9.17) is 9.52 Å². The van der Waals surface area contributed by atoms with Crippen LogP contribution in [-0.2, 0) is 16.6 Å². The number of nitrogens with zero attached hydrogens (tertiary/aromatic N) is 1. The summed E-state index contributed by atoms with van der Waals surface area (Å²) in [6, 6.07) is 1.42. The lowest BCUT2D eigenvalue weighted by atomic mass is 10.0. The van der Waals surface area contributed by atoms with Crippen molar-refractivity contribution in [2.45, 2.75) is 44.2 Å². The minimum Gasteiger partial charge on any atom is -0.450 e. The average molecular weight is 352 g/mol. The van der Waals surface area contributed by atoms with E-state index < -0.39 is 10.0 Å². The summed E-state index contributed by atoms with van der Waals surface area (Å²) in [4.78, 5) is 0.101. The van der Waals surface area contributed by atoms with Crippen LogP contribution in [0.3, 0.4) is 0 Å². The van der Waals surface area contributed by atoms with Crippen molar-refractivity contribution in [1.29, 1.82) is 0 Å². The molecule has 0 saturated carbocycles. The summed E-state index contributed by atoms with van der Waals surface area (Å²) in [5.41, 5.74) is 0. The molecule has 19 heavy (non-hydrogen) atoms. The van der Waals surface area contributed by atoms with Crippen LogP contribution in [0.2, 0.25) is 0 Å². The fourth-order valence-corrected chi connectivity index (χ4v) is 5.30. The Bertz CT molecular complexity index is 552. The van der Waals surface area contributed by atoms with E-state index in [-0.39, 0.29) is 33.9 Å². The van der Waals surface area contributed by atoms with E-state index in [9.17, 15) is 8.42 Å². The largest absolute Gasteiger partial charge is 0.450 e. The van der Waals surface area contributed by atoms with E-state index >= 15 is 0 Å². The molecule has 108 valence electrons. The Labute approximate surface area is 121 Å². The highest BCUT2D eigenvalue weighted by atomic mass is 79.9. The highest BCUT2D eigenvalue weighted by Crippen LogP contribution is 2.34. The van der Waals surface area contributed by atoms with Gasteiger partial charge in [0.2, 0.25) is 10.0 Å². The van der Waals surface area contributed by atoms with E-state index in [1.165, 1.54) is 6.07 Å². The minimum atomic E-state index is -3.57. The van der Waals surface area contributed by atoms with Gasteiger partial charge in [-0.2, -0.15) is 4.31 Å². The molecule has 1 N–H and O–H groups in total. The fourth-order valence-electron chi connectivity index (χ4n) is 2.51. The zero-order valence-electron chi connectivity index (χ0n) is 11.0. The maximum atomic E-state index is 12.7. The molecule has 2 heterocycles. The molecule has 2 rings (SSSR count). The number of rotatable bonds is 4. The molecule has 0 amide bonds. The third-order valence-electron chi connectivity index (χ3n) is 3.47. The van der Waals surface area contributed by atoms with Gasteiger partial charge in [-0.15, -0.1) is 0 Å². The summed E-state index contributed by atoms with van der Waals surface area (Å²) in [5.74, 6) is 0.519. The van der Waals surface area contributed by atoms with Crippen LogP contribution in [0.15, 0.2) is 20.0 Å². The SMILES string of the molecule is CC(C)C1CCCN1S(=O)(=O)c1cc(CO)oc1Br. The Morgan fingerprint density at radius 2 is 2.26 bits per heavy atom. The molecule has 7 heteroatoms. The van der Waals surface area contributed by atoms with E-state index in [1.807, 2.05) is 13.8 Å². The maximum absolute atomic E-state index is 12.7. The Balaban J connectivity index is 2.39. The number of hydrogen-bond donors (Lipinski definition) is 1. The van der Waals surface area contributed by atoms with Crippen LogP contribution in [0.25, 0.3) is 0 Å². The van der Waals surface area contributed by atoms with Gasteiger partial charge in [0.15, 0.2) is 4.67 Å². The second-order valence-electron chi connectivity index (χ2n) is 5.08. The van der Waals surface area contributed by atoms with E-state index in [0.29, 0.717) is 6.54 Å². The van der Waals surface area contributed by atoms with Crippen molar-refractivity contribution >= 4 is 26.0 Å². The van der Waals surface area contributed by atoms with Crippen LogP contribution in [0.4, 0.5) is 0 Å². The quantitative estimate of drug-likeness (QED) is 0.903. The highest BCUT2D eigenvalue weighted by molar-refractivity contribution is 9.10. The molecule has 1 unspecified atom stereocenters. The van der Waals surface area contributed by atoms with Crippen molar-refractivity contribution in [3.05, 3.63) is 16.5 Å². The molecule has 1 aromatic heterocycles. The van der Waals surface area contributed by atoms with E-state index in [0.717, 1.165) is 12.8 Å². The zero-order chi connectivity index (χ0) is 14.2. The number of sulfonamides is 1. The zero-order valence-corrected chi connectivity index (χ0v) is 13.4. The van der Waals surface area contributed by atoms with Crippen molar-refractivity contribution in [3.63, 3.8) is 0 Å². The smallest absolute Gasteiger partial charge is 0.247 e. The molecule has 0 spiro atoms. The van der Waals surface area contributed by atoms with Gasteiger partial charge in [-0.3, -0.25) is 0 Å². The van der Waals surface area contributed by atoms with Crippen LogP contribution in [0, 0.1) is 5.92 Å². The summed E-state index contributed by atoms with van der Waals surface area (Å²) in [6.07, 6.45) is 1.77. The van der Waals surface area contributed by atoms with Crippen LogP contribution in [0.5, 0.6) is 0 Å². The molecule has 1 atom stereocenters. The van der Waals surface area contributed by atoms with Crippen LogP contribution in [-0.4, -0.2) is 30.4 Å². The molecular weight excluding hydrogens is 334 g/mol. The lowest BCUT2D eigenvalue weighted by Crippen LogP contribution is -2.38. The van der Waals surface area contributed by atoms with Crippen molar-refractivity contribution in [3.8, 4) is 0 Å². The van der Waals surface area contributed by atoms with Gasteiger partial charge in [-0.25, -0.2) is 8.42 Å². The predicted molar refractivity (Wildman–Crippen MR) is 74.1 cm³/mol. The lowest BCUT2D eigenvalue weighted by molar-refractivity contribution is 0.245. The molecule has 0 aliphatic carbocycles. The number of halogens is 1. The first-order valence-electron chi connectivity index (χ1n) is 6.29. The van der Waals surface area contributed by atoms with Crippen LogP contribution in [0.1, 0.15) is 32.4 Å². The van der Waals surface area contributed by atoms with Gasteiger partial charge in [0.25, 0.3) is 0 Å². The Hall–Kier alpha value is -0.370. The normalized spacial score (nSPS) is 21.4. The summed E-state index contributed by atoms with van der Waals surface area (Å²) in [7, 11) is -3.57. The fraction of sp³-hybridized carbons (Fsp3) is 0.667. The van der Waals surface area contributed by atoms with Crippen LogP contribution >= 0.6 is 15.9 Å². The highest BCUT2D eigenvalue weighted by Gasteiger charge is 2.38. The van der Waals surface area contributed by atoms with Crippen molar-refractivity contribution in [2.75, 3.05) is 6.54 Å². The molecule has 0 aromatic carbocycles. The second kappa shape index (κ2) is 5.55. The van der Waals surface area contributed by atoms with Gasteiger partial charge in [0.05, 0.1) is 0 Å². The summed E-state index contributed by atoms with van der Waals surface area (Å²) in [5, 5.41) is 9.02. The first-order valence-corrected chi connectivity index (χ1v) is 8.52. The third-order valence-corrected chi connectivity index (χ3v) is 6.25. The molecule has 5 nitrogen and oxygen atoms in total. The Morgan fingerprint density at radius 1 is 1.58 bits per heavy atom. The van der Waals surface area contributed by atoms with Crippen LogP contribution < -0.4 is 0 Å². The van der Waals surface area contributed by atoms with Crippen molar-refractivity contribution < 1.29 is 17.9 Å². The first kappa shape index (κ1) is 15.0. The predicted octanol–water partition coefficient (Wildman–Crippen LogP) is 2.34. The molecule has 0 bridgehead atoms. The number of aliphatic hydroxyl groups is 1. The number of hydrogen-bond acceptors (Lipinski definition) is 4. The van der Waals surface area contributed by atoms with Gasteiger partial charge in [0, 0.05) is 18.7 Å². The van der Waals surface area contributed by atoms with Crippen molar-refractivity contribution in [1.82, 2.24) is 4.31 Å². The minimum absolute atomic E-state index is 0.0318. The topological polar surface area (TPSA) is 70.8 Å². The molecule has 1 saturated heterocycles. The standard InChI is InChI=1S/C12H18BrNO4S/c1-8(2)10-4-3-5-14(10)19(16,17)11-6-9(7-15)18-12(11)13/h6,8,10,15H,3-5,7H2,1-2H3. The van der Waals surface area contributed by atoms with Gasteiger partial charge in [-0.05, 0) is 34.7 Å². The number of aliphatic hydroxyl groups excluding tert-OH is 1. The van der Waals surface area contributed by atoms with Crippen molar-refractivity contribution in [2.24, 2.45) is 5.92 Å². The van der Waals surface area contributed by atoms with Gasteiger partial charge in [0.1, 0.15) is 17.3 Å². The van der Waals surface area contributed by atoms with Gasteiger partial charge >= 0.3 is 0 Å². The monoisotopic (exact) mass is 351 g/mol. The number of furan rings is 1. The molecule has 0 radical (unpaired) electrons. The molecule has 1 aliphatic rings. The summed E-state index contributed by atoms with van der Waals surface area (Å²) >= 11 is 3.11. The Kier molecular flexibility index (Phi) is 4.39. The Morgan fingerprint density at radius 3 is 2.79 bits per heavy atom. The molecule has 1 fully saturated rings. The molecular formula is C12H18BrNO4S. The molecule has 1 aromatic rings. The van der Waals surface area contributed by atoms with Gasteiger partial charge in [-0.1, -0.05) is 13.8 Å².